The van der Waals surface area contributed by atoms with Crippen LogP contribution in [-0.4, -0.2) is 44.2 Å². The average Bonchev–Trinajstić information content (AvgIpc) is 3.53. The summed E-state index contributed by atoms with van der Waals surface area (Å²) >= 11 is 6.04. The lowest BCUT2D eigenvalue weighted by Crippen LogP contribution is -2.39. The first-order chi connectivity index (χ1) is 19.8. The number of pyridine rings is 1. The zero-order valence-corrected chi connectivity index (χ0v) is 23.4. The highest BCUT2D eigenvalue weighted by Crippen LogP contribution is 2.29. The number of para-hydroxylation sites is 2. The predicted octanol–water partition coefficient (Wildman–Crippen LogP) is 4.64. The standard InChI is InChI=1S/C30H29ClN6O4/c1-17-23(13-19(31)15-33-17)28(38)34-20-9-7-18(8-10-20)16-36-24-5-3-4-6-25(24)37(30(36)40)21-11-12-22-26(14-21)41-35-27(22)29(39)32-2/h3-6,11-15,18,20H,7-10,16H2,1-2H3,(H,32,39)(H,34,38). The minimum atomic E-state index is -0.337. The summed E-state index contributed by atoms with van der Waals surface area (Å²) in [5.41, 5.74) is 3.89. The maximum Gasteiger partial charge on any atom is 0.333 e. The van der Waals surface area contributed by atoms with Crippen molar-refractivity contribution in [2.75, 3.05) is 7.05 Å². The molecule has 41 heavy (non-hydrogen) atoms. The molecule has 1 saturated carbocycles. The molecule has 2 aromatic carbocycles. The Bertz CT molecular complexity index is 1850. The molecule has 10 nitrogen and oxygen atoms in total. The Balaban J connectivity index is 1.21. The minimum absolute atomic E-state index is 0.0588. The molecule has 11 heteroatoms. The summed E-state index contributed by atoms with van der Waals surface area (Å²) < 4.78 is 8.92. The van der Waals surface area contributed by atoms with Crippen LogP contribution in [0.15, 0.2) is 64.0 Å². The first-order valence-electron chi connectivity index (χ1n) is 13.6. The second-order valence-electron chi connectivity index (χ2n) is 10.5. The normalized spacial score (nSPS) is 17.1. The van der Waals surface area contributed by atoms with E-state index < -0.39 is 0 Å². The smallest absolute Gasteiger partial charge is 0.333 e. The predicted molar refractivity (Wildman–Crippen MR) is 156 cm³/mol. The molecule has 0 spiro atoms. The Kier molecular flexibility index (Phi) is 7.08. The van der Waals surface area contributed by atoms with Crippen LogP contribution in [0.2, 0.25) is 5.02 Å². The Morgan fingerprint density at radius 3 is 2.56 bits per heavy atom. The molecule has 0 unspecified atom stereocenters. The van der Waals surface area contributed by atoms with Crippen molar-refractivity contribution < 1.29 is 14.1 Å². The number of rotatable bonds is 6. The molecule has 0 atom stereocenters. The topological polar surface area (TPSA) is 124 Å². The Morgan fingerprint density at radius 2 is 1.80 bits per heavy atom. The zero-order chi connectivity index (χ0) is 28.7. The monoisotopic (exact) mass is 572 g/mol. The fourth-order valence-electron chi connectivity index (χ4n) is 5.73. The number of imidazole rings is 1. The Morgan fingerprint density at radius 1 is 1.05 bits per heavy atom. The molecule has 3 aromatic heterocycles. The number of aromatic nitrogens is 4. The largest absolute Gasteiger partial charge is 0.355 e. The van der Waals surface area contributed by atoms with Crippen LogP contribution in [0.1, 0.15) is 52.2 Å². The van der Waals surface area contributed by atoms with Crippen molar-refractivity contribution in [3.63, 3.8) is 0 Å². The van der Waals surface area contributed by atoms with E-state index in [0.29, 0.717) is 45.4 Å². The van der Waals surface area contributed by atoms with Crippen molar-refractivity contribution in [3.8, 4) is 5.69 Å². The summed E-state index contributed by atoms with van der Waals surface area (Å²) in [7, 11) is 1.54. The second kappa shape index (κ2) is 10.9. The van der Waals surface area contributed by atoms with Crippen LogP contribution >= 0.6 is 11.6 Å². The maximum atomic E-state index is 13.8. The highest BCUT2D eigenvalue weighted by molar-refractivity contribution is 6.30. The molecule has 0 radical (unpaired) electrons. The lowest BCUT2D eigenvalue weighted by atomic mass is 9.85. The molecular formula is C30H29ClN6O4. The van der Waals surface area contributed by atoms with E-state index >= 15 is 0 Å². The molecule has 2 N–H and O–H groups in total. The molecule has 210 valence electrons. The number of nitrogens with one attached hydrogen (secondary N) is 2. The van der Waals surface area contributed by atoms with Crippen molar-refractivity contribution in [3.05, 3.63) is 87.2 Å². The summed E-state index contributed by atoms with van der Waals surface area (Å²) in [6.45, 7) is 2.37. The van der Waals surface area contributed by atoms with Crippen LogP contribution in [0.25, 0.3) is 27.7 Å². The quantitative estimate of drug-likeness (QED) is 0.305. The van der Waals surface area contributed by atoms with Crippen molar-refractivity contribution in [1.82, 2.24) is 29.9 Å². The second-order valence-corrected chi connectivity index (χ2v) is 10.9. The van der Waals surface area contributed by atoms with Gasteiger partial charge in [0.15, 0.2) is 11.3 Å². The van der Waals surface area contributed by atoms with Crippen LogP contribution in [-0.2, 0) is 6.54 Å². The van der Waals surface area contributed by atoms with E-state index in [1.165, 1.54) is 13.2 Å². The van der Waals surface area contributed by atoms with Gasteiger partial charge in [0, 0.05) is 31.9 Å². The lowest BCUT2D eigenvalue weighted by Gasteiger charge is -2.29. The van der Waals surface area contributed by atoms with Gasteiger partial charge in [0.1, 0.15) is 0 Å². The van der Waals surface area contributed by atoms with Crippen molar-refractivity contribution in [2.24, 2.45) is 5.92 Å². The number of halogens is 1. The van der Waals surface area contributed by atoms with Gasteiger partial charge in [0.25, 0.3) is 11.8 Å². The van der Waals surface area contributed by atoms with E-state index in [2.05, 4.69) is 20.8 Å². The van der Waals surface area contributed by atoms with E-state index in [0.717, 1.165) is 36.7 Å². The van der Waals surface area contributed by atoms with E-state index in [1.54, 1.807) is 35.8 Å². The van der Waals surface area contributed by atoms with Crippen LogP contribution in [0.3, 0.4) is 0 Å². The van der Waals surface area contributed by atoms with E-state index in [-0.39, 0.29) is 29.2 Å². The summed E-state index contributed by atoms with van der Waals surface area (Å²) in [6.07, 6.45) is 4.96. The van der Waals surface area contributed by atoms with Gasteiger partial charge in [-0.05, 0) is 68.9 Å². The van der Waals surface area contributed by atoms with Crippen molar-refractivity contribution in [1.29, 1.82) is 0 Å². The van der Waals surface area contributed by atoms with E-state index in [1.807, 2.05) is 28.8 Å². The molecular weight excluding hydrogens is 544 g/mol. The molecule has 5 aromatic rings. The number of carbonyl (C=O) groups excluding carboxylic acids is 2. The molecule has 0 saturated heterocycles. The molecule has 0 aliphatic heterocycles. The van der Waals surface area contributed by atoms with E-state index in [4.69, 9.17) is 16.1 Å². The van der Waals surface area contributed by atoms with Gasteiger partial charge in [-0.3, -0.25) is 23.7 Å². The fourth-order valence-corrected chi connectivity index (χ4v) is 5.89. The highest BCUT2D eigenvalue weighted by Gasteiger charge is 2.26. The average molecular weight is 573 g/mol. The summed E-state index contributed by atoms with van der Waals surface area (Å²) in [4.78, 5) is 42.9. The molecule has 6 rings (SSSR count). The van der Waals surface area contributed by atoms with Gasteiger partial charge in [0.05, 0.1) is 38.4 Å². The van der Waals surface area contributed by atoms with Crippen LogP contribution in [0, 0.1) is 12.8 Å². The van der Waals surface area contributed by atoms with Gasteiger partial charge in [-0.2, -0.15) is 0 Å². The van der Waals surface area contributed by atoms with Crippen LogP contribution in [0.4, 0.5) is 0 Å². The Hall–Kier alpha value is -4.44. The van der Waals surface area contributed by atoms with E-state index in [9.17, 15) is 14.4 Å². The minimum Gasteiger partial charge on any atom is -0.355 e. The molecule has 3 heterocycles. The number of amides is 2. The van der Waals surface area contributed by atoms with Crippen molar-refractivity contribution >= 4 is 45.4 Å². The molecule has 1 fully saturated rings. The Labute approximate surface area is 240 Å². The van der Waals surface area contributed by atoms with Gasteiger partial charge in [-0.1, -0.05) is 28.9 Å². The lowest BCUT2D eigenvalue weighted by molar-refractivity contribution is 0.0917. The SMILES string of the molecule is CNC(=O)c1noc2cc(-n3c(=O)n(CC4CCC(NC(=O)c5cc(Cl)cnc5C)CC4)c4ccccc43)ccc12. The number of carbonyl (C=O) groups is 2. The third-order valence-corrected chi connectivity index (χ3v) is 8.12. The highest BCUT2D eigenvalue weighted by atomic mass is 35.5. The summed E-state index contributed by atoms with van der Waals surface area (Å²) in [5.74, 6) is -0.205. The van der Waals surface area contributed by atoms with Gasteiger partial charge >= 0.3 is 5.69 Å². The number of benzene rings is 2. The van der Waals surface area contributed by atoms with Gasteiger partial charge in [0.2, 0.25) is 0 Å². The molecule has 2 amide bonds. The van der Waals surface area contributed by atoms with Crippen molar-refractivity contribution in [2.45, 2.75) is 45.2 Å². The molecule has 0 bridgehead atoms. The maximum absolute atomic E-state index is 13.8. The van der Waals surface area contributed by atoms with Crippen LogP contribution in [0.5, 0.6) is 0 Å². The number of nitrogens with zero attached hydrogens (tertiary/aromatic N) is 4. The number of hydrogen-bond donors (Lipinski definition) is 2. The van der Waals surface area contributed by atoms with Gasteiger partial charge < -0.3 is 15.2 Å². The first kappa shape index (κ1) is 26.8. The third kappa shape index (κ3) is 4.99. The summed E-state index contributed by atoms with van der Waals surface area (Å²) in [6, 6.07) is 14.7. The number of fused-ring (bicyclic) bond motifs is 2. The zero-order valence-electron chi connectivity index (χ0n) is 22.7. The molecule has 1 aliphatic carbocycles. The van der Waals surface area contributed by atoms with Crippen LogP contribution < -0.4 is 16.3 Å². The summed E-state index contributed by atoms with van der Waals surface area (Å²) in [5, 5.41) is 10.6. The number of hydrogen-bond acceptors (Lipinski definition) is 6. The fraction of sp³-hybridized carbons (Fsp3) is 0.300. The van der Waals surface area contributed by atoms with Gasteiger partial charge in [-0.25, -0.2) is 4.79 Å². The molecule has 1 aliphatic rings. The third-order valence-electron chi connectivity index (χ3n) is 7.91. The van der Waals surface area contributed by atoms with Gasteiger partial charge in [-0.15, -0.1) is 0 Å². The number of aryl methyl sites for hydroxylation is 1. The first-order valence-corrected chi connectivity index (χ1v) is 14.0.